The Kier molecular flexibility index (Phi) is 7.57. The number of hydrogen-bond acceptors (Lipinski definition) is 2. The van der Waals surface area contributed by atoms with Gasteiger partial charge in [0.05, 0.1) is 33.5 Å². The normalized spacial score (nSPS) is 11.9. The van der Waals surface area contributed by atoms with E-state index in [1.165, 1.54) is 26.9 Å². The largest absolute Gasteiger partial charge is 0.309 e. The van der Waals surface area contributed by atoms with E-state index in [1.54, 1.807) is 0 Å². The Morgan fingerprint density at radius 3 is 1.21 bits per heavy atom. The molecule has 0 fully saturated rings. The van der Waals surface area contributed by atoms with E-state index in [4.69, 9.17) is 9.97 Å². The first-order valence-corrected chi connectivity index (χ1v) is 21.2. The molecule has 0 atom stereocenters. The van der Waals surface area contributed by atoms with Gasteiger partial charge >= 0.3 is 0 Å². The first-order chi connectivity index (χ1) is 30.7. The highest BCUT2D eigenvalue weighted by atomic mass is 15.0. The molecule has 3 aromatic heterocycles. The van der Waals surface area contributed by atoms with Gasteiger partial charge in [0.1, 0.15) is 0 Å². The molecule has 0 bridgehead atoms. The Balaban J connectivity index is 1.17. The van der Waals surface area contributed by atoms with Crippen molar-refractivity contribution in [3.8, 4) is 45.3 Å². The lowest BCUT2D eigenvalue weighted by molar-refractivity contribution is 1.13. The Bertz CT molecular complexity index is 3650. The minimum absolute atomic E-state index is 0.694. The maximum atomic E-state index is 5.64. The molecule has 0 saturated carbocycles. The van der Waals surface area contributed by atoms with Crippen LogP contribution in [0.15, 0.2) is 218 Å². The van der Waals surface area contributed by atoms with E-state index in [0.29, 0.717) is 5.82 Å². The maximum Gasteiger partial charge on any atom is 0.161 e. The summed E-state index contributed by atoms with van der Waals surface area (Å²) in [5, 5.41) is 11.8. The molecule has 0 unspecified atom stereocenters. The fourth-order valence-corrected chi connectivity index (χ4v) is 9.95. The van der Waals surface area contributed by atoms with Gasteiger partial charge in [-0.3, -0.25) is 0 Å². The van der Waals surface area contributed by atoms with Gasteiger partial charge in [-0.2, -0.15) is 0 Å². The number of rotatable bonds is 5. The molecular formula is C58H36N4. The van der Waals surface area contributed by atoms with Gasteiger partial charge in [0, 0.05) is 49.6 Å². The number of hydrogen-bond donors (Lipinski definition) is 0. The molecule has 0 saturated heterocycles. The van der Waals surface area contributed by atoms with Gasteiger partial charge in [0.25, 0.3) is 0 Å². The van der Waals surface area contributed by atoms with Crippen molar-refractivity contribution in [2.75, 3.05) is 0 Å². The van der Waals surface area contributed by atoms with Crippen LogP contribution in [-0.4, -0.2) is 19.1 Å². The van der Waals surface area contributed by atoms with Crippen LogP contribution in [0.3, 0.4) is 0 Å². The van der Waals surface area contributed by atoms with E-state index in [-0.39, 0.29) is 0 Å². The predicted octanol–water partition coefficient (Wildman–Crippen LogP) is 15.1. The van der Waals surface area contributed by atoms with Crippen LogP contribution in [0.25, 0.3) is 121 Å². The second kappa shape index (κ2) is 13.6. The van der Waals surface area contributed by atoms with Crippen molar-refractivity contribution in [2.24, 2.45) is 0 Å². The Labute approximate surface area is 357 Å². The average molecular weight is 789 g/mol. The molecule has 0 radical (unpaired) electrons. The summed E-state index contributed by atoms with van der Waals surface area (Å²) in [6.07, 6.45) is 0. The summed E-state index contributed by atoms with van der Waals surface area (Å²) in [4.78, 5) is 11.2. The van der Waals surface area contributed by atoms with Crippen molar-refractivity contribution in [1.29, 1.82) is 0 Å². The van der Waals surface area contributed by atoms with Crippen LogP contribution in [0, 0.1) is 0 Å². The lowest BCUT2D eigenvalue weighted by Crippen LogP contribution is -2.02. The molecule has 0 N–H and O–H groups in total. The minimum Gasteiger partial charge on any atom is -0.309 e. The van der Waals surface area contributed by atoms with E-state index in [1.807, 2.05) is 0 Å². The molecule has 62 heavy (non-hydrogen) atoms. The predicted molar refractivity (Wildman–Crippen MR) is 260 cm³/mol. The second-order valence-corrected chi connectivity index (χ2v) is 16.2. The highest BCUT2D eigenvalue weighted by Crippen LogP contribution is 2.41. The summed E-state index contributed by atoms with van der Waals surface area (Å²) >= 11 is 0. The van der Waals surface area contributed by atoms with Crippen molar-refractivity contribution in [3.05, 3.63) is 218 Å². The summed E-state index contributed by atoms with van der Waals surface area (Å²) in [7, 11) is 0. The average Bonchev–Trinajstić information content (AvgIpc) is 3.86. The topological polar surface area (TPSA) is 35.6 Å². The standard InChI is InChI=1S/C58H36N4/c1-4-20-43-37(16-1)19-15-27-46(43)52-36-51(59-58(60-52)57-44-21-5-2-17-38(44)32-39-18-3-6-22-45(39)57)40-33-41(61-53-28-11-7-23-47(53)48-24-8-12-29-54(48)61)35-42(34-40)62-55-30-13-9-25-49(55)50-26-10-14-31-56(50)62/h1-36H. The van der Waals surface area contributed by atoms with E-state index < -0.39 is 0 Å². The van der Waals surface area contributed by atoms with E-state index >= 15 is 0 Å². The van der Waals surface area contributed by atoms with Crippen LogP contribution in [0.2, 0.25) is 0 Å². The number of aromatic nitrogens is 4. The summed E-state index contributed by atoms with van der Waals surface area (Å²) in [6.45, 7) is 0. The maximum absolute atomic E-state index is 5.64. The molecule has 0 aliphatic heterocycles. The van der Waals surface area contributed by atoms with Gasteiger partial charge in [0.2, 0.25) is 0 Å². The van der Waals surface area contributed by atoms with Crippen LogP contribution in [-0.2, 0) is 0 Å². The number of para-hydroxylation sites is 4. The molecule has 0 amide bonds. The Morgan fingerprint density at radius 2 is 0.694 bits per heavy atom. The SMILES string of the molecule is c1ccc2c(-c3cc(-c4cc(-n5c6ccccc6c6ccccc65)cc(-n5c6ccccc6c6ccccc65)c4)nc(-c4c5ccccc5cc5ccccc45)n3)cccc2c1. The van der Waals surface area contributed by atoms with Crippen LogP contribution in [0.1, 0.15) is 0 Å². The molecule has 10 aromatic carbocycles. The third-order valence-electron chi connectivity index (χ3n) is 12.7. The van der Waals surface area contributed by atoms with Crippen LogP contribution in [0.5, 0.6) is 0 Å². The number of fused-ring (bicyclic) bond motifs is 9. The molecule has 4 nitrogen and oxygen atoms in total. The zero-order valence-electron chi connectivity index (χ0n) is 33.6. The van der Waals surface area contributed by atoms with Gasteiger partial charge in [-0.1, -0.05) is 164 Å². The first kappa shape index (κ1) is 34.5. The Morgan fingerprint density at radius 1 is 0.290 bits per heavy atom. The smallest absolute Gasteiger partial charge is 0.161 e. The fraction of sp³-hybridized carbons (Fsp3) is 0. The molecule has 13 aromatic rings. The van der Waals surface area contributed by atoms with Crippen molar-refractivity contribution in [3.63, 3.8) is 0 Å². The number of nitrogens with zero attached hydrogens (tertiary/aromatic N) is 4. The van der Waals surface area contributed by atoms with Crippen molar-refractivity contribution in [2.45, 2.75) is 0 Å². The molecule has 13 rings (SSSR count). The van der Waals surface area contributed by atoms with E-state index in [2.05, 4.69) is 228 Å². The van der Waals surface area contributed by atoms with Crippen LogP contribution < -0.4 is 0 Å². The molecular weight excluding hydrogens is 753 g/mol. The molecule has 4 heteroatoms. The summed E-state index contributed by atoms with van der Waals surface area (Å²) in [6, 6.07) is 78.7. The van der Waals surface area contributed by atoms with Crippen LogP contribution in [0.4, 0.5) is 0 Å². The Hall–Kier alpha value is -8.34. The second-order valence-electron chi connectivity index (χ2n) is 16.2. The molecule has 0 aliphatic rings. The van der Waals surface area contributed by atoms with Crippen LogP contribution >= 0.6 is 0 Å². The van der Waals surface area contributed by atoms with Gasteiger partial charge in [-0.05, 0) is 86.9 Å². The quantitative estimate of drug-likeness (QED) is 0.163. The van der Waals surface area contributed by atoms with Crippen molar-refractivity contribution in [1.82, 2.24) is 19.1 Å². The van der Waals surface area contributed by atoms with Gasteiger partial charge in [-0.15, -0.1) is 0 Å². The lowest BCUT2D eigenvalue weighted by Gasteiger charge is -2.17. The molecule has 288 valence electrons. The zero-order valence-corrected chi connectivity index (χ0v) is 33.6. The van der Waals surface area contributed by atoms with Crippen molar-refractivity contribution >= 4 is 75.9 Å². The fourth-order valence-electron chi connectivity index (χ4n) is 9.95. The summed E-state index contributed by atoms with van der Waals surface area (Å²) in [5.41, 5.74) is 11.5. The van der Waals surface area contributed by atoms with Gasteiger partial charge in [-0.25, -0.2) is 9.97 Å². The third kappa shape index (κ3) is 5.27. The zero-order chi connectivity index (χ0) is 40.7. The highest BCUT2D eigenvalue weighted by molar-refractivity contribution is 6.13. The highest BCUT2D eigenvalue weighted by Gasteiger charge is 2.21. The lowest BCUT2D eigenvalue weighted by atomic mass is 9.95. The minimum atomic E-state index is 0.694. The van der Waals surface area contributed by atoms with E-state index in [0.717, 1.165) is 88.5 Å². The van der Waals surface area contributed by atoms with Crippen molar-refractivity contribution < 1.29 is 0 Å². The summed E-state index contributed by atoms with van der Waals surface area (Å²) in [5.74, 6) is 0.694. The third-order valence-corrected chi connectivity index (χ3v) is 12.7. The van der Waals surface area contributed by atoms with Gasteiger partial charge in [0.15, 0.2) is 5.82 Å². The molecule has 3 heterocycles. The molecule has 0 spiro atoms. The van der Waals surface area contributed by atoms with E-state index in [9.17, 15) is 0 Å². The van der Waals surface area contributed by atoms with Gasteiger partial charge < -0.3 is 9.13 Å². The monoisotopic (exact) mass is 788 g/mol. The first-order valence-electron chi connectivity index (χ1n) is 21.2. The summed E-state index contributed by atoms with van der Waals surface area (Å²) < 4.78 is 4.83. The number of benzene rings is 10. The molecule has 0 aliphatic carbocycles.